The summed E-state index contributed by atoms with van der Waals surface area (Å²) >= 11 is 0. The van der Waals surface area contributed by atoms with Crippen molar-refractivity contribution < 1.29 is 4.74 Å². The summed E-state index contributed by atoms with van der Waals surface area (Å²) in [5.74, 6) is 2.50. The molecule has 2 rings (SSSR count). The number of ether oxygens (including phenoxy) is 1. The Hall–Kier alpha value is -1.02. The number of benzene rings is 1. The topological polar surface area (TPSA) is 21.3 Å². The van der Waals surface area contributed by atoms with Crippen molar-refractivity contribution >= 4 is 0 Å². The van der Waals surface area contributed by atoms with E-state index in [2.05, 4.69) is 43.4 Å². The first-order chi connectivity index (χ1) is 8.72. The van der Waals surface area contributed by atoms with Gasteiger partial charge in [0.05, 0.1) is 6.10 Å². The van der Waals surface area contributed by atoms with E-state index in [1.807, 2.05) is 7.05 Å². The number of para-hydroxylation sites is 1. The maximum Gasteiger partial charge on any atom is 0.123 e. The summed E-state index contributed by atoms with van der Waals surface area (Å²) < 4.78 is 5.96. The van der Waals surface area contributed by atoms with Crippen LogP contribution in [0.4, 0.5) is 0 Å². The minimum Gasteiger partial charge on any atom is -0.491 e. The van der Waals surface area contributed by atoms with Gasteiger partial charge in [-0.15, -0.1) is 0 Å². The molecule has 1 aromatic rings. The first-order valence-corrected chi connectivity index (χ1v) is 7.12. The molecule has 18 heavy (non-hydrogen) atoms. The van der Waals surface area contributed by atoms with Gasteiger partial charge >= 0.3 is 0 Å². The Kier molecular flexibility index (Phi) is 4.65. The normalized spacial score (nSPS) is 23.6. The highest BCUT2D eigenvalue weighted by molar-refractivity contribution is 5.37. The van der Waals surface area contributed by atoms with Gasteiger partial charge in [-0.25, -0.2) is 0 Å². The Morgan fingerprint density at radius 2 is 2.06 bits per heavy atom. The van der Waals surface area contributed by atoms with Crippen molar-refractivity contribution in [1.29, 1.82) is 0 Å². The average molecular weight is 247 g/mol. The third-order valence-corrected chi connectivity index (χ3v) is 3.81. The maximum atomic E-state index is 5.96. The summed E-state index contributed by atoms with van der Waals surface area (Å²) in [5, 5.41) is 3.33. The molecular formula is C16H25NO. The second kappa shape index (κ2) is 6.24. The molecule has 0 bridgehead atoms. The molecule has 2 nitrogen and oxygen atoms in total. The first-order valence-electron chi connectivity index (χ1n) is 7.12. The zero-order chi connectivity index (χ0) is 13.0. The van der Waals surface area contributed by atoms with Gasteiger partial charge in [0.1, 0.15) is 5.75 Å². The lowest BCUT2D eigenvalue weighted by Gasteiger charge is -2.23. The monoisotopic (exact) mass is 247 g/mol. The fourth-order valence-electron chi connectivity index (χ4n) is 3.10. The zero-order valence-electron chi connectivity index (χ0n) is 11.8. The molecule has 0 aliphatic heterocycles. The minimum absolute atomic E-state index is 0.246. The van der Waals surface area contributed by atoms with Crippen LogP contribution < -0.4 is 10.1 Å². The average Bonchev–Trinajstić information content (AvgIpc) is 2.78. The van der Waals surface area contributed by atoms with Gasteiger partial charge in [0.15, 0.2) is 0 Å². The standard InChI is InChI=1S/C16H25NO/c1-12(2)18-16-10-5-4-8-15(16)14-9-6-7-13(14)11-17-3/h4-5,8,10,12-14,17H,6-7,9,11H2,1-3H3. The van der Waals surface area contributed by atoms with Crippen LogP contribution in [0.15, 0.2) is 24.3 Å². The van der Waals surface area contributed by atoms with E-state index in [0.717, 1.165) is 18.2 Å². The quantitative estimate of drug-likeness (QED) is 0.858. The number of hydrogen-bond acceptors (Lipinski definition) is 2. The molecule has 0 spiro atoms. The van der Waals surface area contributed by atoms with Crippen molar-refractivity contribution in [3.63, 3.8) is 0 Å². The second-order valence-electron chi connectivity index (χ2n) is 5.56. The van der Waals surface area contributed by atoms with Gasteiger partial charge in [-0.05, 0) is 63.7 Å². The first kappa shape index (κ1) is 13.4. The Balaban J connectivity index is 2.20. The number of nitrogens with one attached hydrogen (secondary N) is 1. The van der Waals surface area contributed by atoms with E-state index in [1.165, 1.54) is 24.8 Å². The van der Waals surface area contributed by atoms with E-state index in [9.17, 15) is 0 Å². The fraction of sp³-hybridized carbons (Fsp3) is 0.625. The van der Waals surface area contributed by atoms with Crippen molar-refractivity contribution in [3.8, 4) is 5.75 Å². The Labute approximate surface area is 111 Å². The van der Waals surface area contributed by atoms with Crippen LogP contribution in [-0.4, -0.2) is 19.7 Å². The summed E-state index contributed by atoms with van der Waals surface area (Å²) in [6.45, 7) is 5.30. The summed E-state index contributed by atoms with van der Waals surface area (Å²) in [4.78, 5) is 0. The molecular weight excluding hydrogens is 222 g/mol. The summed E-state index contributed by atoms with van der Waals surface area (Å²) in [6.07, 6.45) is 4.22. The van der Waals surface area contributed by atoms with Gasteiger partial charge < -0.3 is 10.1 Å². The zero-order valence-corrected chi connectivity index (χ0v) is 11.8. The molecule has 2 heteroatoms. The molecule has 0 heterocycles. The molecule has 0 radical (unpaired) electrons. The Morgan fingerprint density at radius 3 is 2.78 bits per heavy atom. The molecule has 1 aromatic carbocycles. The van der Waals surface area contributed by atoms with Crippen LogP contribution in [0, 0.1) is 5.92 Å². The van der Waals surface area contributed by atoms with Crippen LogP contribution in [0.2, 0.25) is 0 Å². The number of rotatable bonds is 5. The molecule has 1 N–H and O–H groups in total. The molecule has 0 amide bonds. The maximum absolute atomic E-state index is 5.96. The third-order valence-electron chi connectivity index (χ3n) is 3.81. The lowest BCUT2D eigenvalue weighted by atomic mass is 9.88. The lowest BCUT2D eigenvalue weighted by molar-refractivity contribution is 0.237. The van der Waals surface area contributed by atoms with E-state index in [1.54, 1.807) is 0 Å². The highest BCUT2D eigenvalue weighted by Crippen LogP contribution is 2.42. The molecule has 2 atom stereocenters. The highest BCUT2D eigenvalue weighted by atomic mass is 16.5. The van der Waals surface area contributed by atoms with Crippen molar-refractivity contribution in [2.75, 3.05) is 13.6 Å². The highest BCUT2D eigenvalue weighted by Gasteiger charge is 2.29. The second-order valence-corrected chi connectivity index (χ2v) is 5.56. The van der Waals surface area contributed by atoms with E-state index < -0.39 is 0 Å². The SMILES string of the molecule is CNCC1CCCC1c1ccccc1OC(C)C. The van der Waals surface area contributed by atoms with Crippen LogP contribution in [0.25, 0.3) is 0 Å². The fourth-order valence-corrected chi connectivity index (χ4v) is 3.10. The largest absolute Gasteiger partial charge is 0.491 e. The number of hydrogen-bond donors (Lipinski definition) is 1. The molecule has 1 aliphatic carbocycles. The summed E-state index contributed by atoms with van der Waals surface area (Å²) in [5.41, 5.74) is 1.41. The summed E-state index contributed by atoms with van der Waals surface area (Å²) in [6, 6.07) is 8.57. The predicted molar refractivity (Wildman–Crippen MR) is 76.2 cm³/mol. The minimum atomic E-state index is 0.246. The van der Waals surface area contributed by atoms with Crippen LogP contribution in [-0.2, 0) is 0 Å². The van der Waals surface area contributed by atoms with Crippen LogP contribution in [0.3, 0.4) is 0 Å². The van der Waals surface area contributed by atoms with Crippen molar-refractivity contribution in [1.82, 2.24) is 5.32 Å². The third kappa shape index (κ3) is 3.05. The van der Waals surface area contributed by atoms with Gasteiger partial charge in [-0.3, -0.25) is 0 Å². The van der Waals surface area contributed by atoms with Gasteiger partial charge in [0.25, 0.3) is 0 Å². The van der Waals surface area contributed by atoms with Gasteiger partial charge in [0.2, 0.25) is 0 Å². The molecule has 0 saturated heterocycles. The summed E-state index contributed by atoms with van der Waals surface area (Å²) in [7, 11) is 2.05. The Bertz CT molecular complexity index is 375. The van der Waals surface area contributed by atoms with E-state index in [4.69, 9.17) is 4.74 Å². The lowest BCUT2D eigenvalue weighted by Crippen LogP contribution is -2.21. The molecule has 100 valence electrons. The smallest absolute Gasteiger partial charge is 0.123 e. The van der Waals surface area contributed by atoms with Crippen LogP contribution in [0.1, 0.15) is 44.6 Å². The molecule has 1 fully saturated rings. The predicted octanol–water partition coefficient (Wildman–Crippen LogP) is 3.58. The van der Waals surface area contributed by atoms with Crippen LogP contribution in [0.5, 0.6) is 5.75 Å². The molecule has 1 saturated carbocycles. The van der Waals surface area contributed by atoms with E-state index >= 15 is 0 Å². The van der Waals surface area contributed by atoms with E-state index in [-0.39, 0.29) is 6.10 Å². The van der Waals surface area contributed by atoms with Crippen molar-refractivity contribution in [2.24, 2.45) is 5.92 Å². The van der Waals surface area contributed by atoms with E-state index in [0.29, 0.717) is 5.92 Å². The molecule has 0 aromatic heterocycles. The van der Waals surface area contributed by atoms with Gasteiger partial charge in [-0.2, -0.15) is 0 Å². The Morgan fingerprint density at radius 1 is 1.28 bits per heavy atom. The van der Waals surface area contributed by atoms with Crippen LogP contribution >= 0.6 is 0 Å². The van der Waals surface area contributed by atoms with Crippen molar-refractivity contribution in [3.05, 3.63) is 29.8 Å². The van der Waals surface area contributed by atoms with Crippen molar-refractivity contribution in [2.45, 2.75) is 45.1 Å². The molecule has 1 aliphatic rings. The molecule has 2 unspecified atom stereocenters. The van der Waals surface area contributed by atoms with Gasteiger partial charge in [-0.1, -0.05) is 24.6 Å². The van der Waals surface area contributed by atoms with Gasteiger partial charge in [0, 0.05) is 0 Å².